The number of nitrogens with zero attached hydrogens (tertiary/aromatic N) is 1. The number of piperazine rings is 1. The van der Waals surface area contributed by atoms with Gasteiger partial charge >= 0.3 is 0 Å². The number of nitrogens with one attached hydrogen (secondary N) is 1. The summed E-state index contributed by atoms with van der Waals surface area (Å²) in [4.78, 5) is 2.52. The molecule has 1 fully saturated rings. The fourth-order valence-corrected chi connectivity index (χ4v) is 3.49. The zero-order chi connectivity index (χ0) is 16.9. The molecule has 0 radical (unpaired) electrons. The number of aryl methyl sites for hydroxylation is 1. The lowest BCUT2D eigenvalue weighted by Gasteiger charge is -2.36. The first-order valence-electron chi connectivity index (χ1n) is 8.47. The van der Waals surface area contributed by atoms with Crippen LogP contribution in [0.1, 0.15) is 22.7 Å². The van der Waals surface area contributed by atoms with Crippen LogP contribution >= 0.6 is 0 Å². The average Bonchev–Trinajstić information content (AvgIpc) is 2.62. The average molecular weight is 326 g/mol. The summed E-state index contributed by atoms with van der Waals surface area (Å²) in [5, 5.41) is 3.44. The molecule has 0 spiro atoms. The highest BCUT2D eigenvalue weighted by Crippen LogP contribution is 2.40. The normalized spacial score (nSPS) is 16.6. The quantitative estimate of drug-likeness (QED) is 0.916. The highest BCUT2D eigenvalue weighted by atomic mass is 16.5. The van der Waals surface area contributed by atoms with Crippen LogP contribution in [0.3, 0.4) is 0 Å². The molecule has 24 heavy (non-hydrogen) atoms. The Morgan fingerprint density at radius 1 is 1.00 bits per heavy atom. The second-order valence-corrected chi connectivity index (χ2v) is 6.19. The molecule has 4 heteroatoms. The zero-order valence-electron chi connectivity index (χ0n) is 14.7. The first-order valence-corrected chi connectivity index (χ1v) is 8.47. The van der Waals surface area contributed by atoms with Crippen LogP contribution in [0.2, 0.25) is 0 Å². The predicted molar refractivity (Wildman–Crippen MR) is 97.0 cm³/mol. The summed E-state index contributed by atoms with van der Waals surface area (Å²) < 4.78 is 11.2. The molecule has 1 atom stereocenters. The van der Waals surface area contributed by atoms with E-state index in [0.717, 1.165) is 43.2 Å². The summed E-state index contributed by atoms with van der Waals surface area (Å²) in [5.41, 5.74) is 3.72. The molecular formula is C20H26N2O2. The van der Waals surface area contributed by atoms with E-state index in [-0.39, 0.29) is 6.04 Å². The lowest BCUT2D eigenvalue weighted by molar-refractivity contribution is 0.194. The molecule has 0 bridgehead atoms. The summed E-state index contributed by atoms with van der Waals surface area (Å²) in [6.45, 7) is 6.18. The van der Waals surface area contributed by atoms with Gasteiger partial charge in [-0.25, -0.2) is 0 Å². The lowest BCUT2D eigenvalue weighted by atomic mass is 9.94. The third-order valence-corrected chi connectivity index (χ3v) is 4.60. The molecule has 0 aromatic heterocycles. The van der Waals surface area contributed by atoms with Crippen LogP contribution in [-0.4, -0.2) is 45.3 Å². The Hall–Kier alpha value is -2.04. The van der Waals surface area contributed by atoms with Gasteiger partial charge in [-0.2, -0.15) is 0 Å². The Morgan fingerprint density at radius 2 is 1.75 bits per heavy atom. The van der Waals surface area contributed by atoms with Gasteiger partial charge in [-0.15, -0.1) is 0 Å². The number of methoxy groups -OCH3 is 2. The summed E-state index contributed by atoms with van der Waals surface area (Å²) in [6.07, 6.45) is 0. The van der Waals surface area contributed by atoms with Crippen molar-refractivity contribution in [3.63, 3.8) is 0 Å². The standard InChI is InChI=1S/C20H26N2O2/c1-15-6-4-7-16(14-15)19(22-12-10-21-11-13-22)17-8-5-9-18(23-2)20(17)24-3/h4-9,14,19,21H,10-13H2,1-3H3. The SMILES string of the molecule is COc1cccc(C(c2cccc(C)c2)N2CCNCC2)c1OC. The highest BCUT2D eigenvalue weighted by molar-refractivity contribution is 5.51. The minimum absolute atomic E-state index is 0.164. The smallest absolute Gasteiger partial charge is 0.165 e. The number of rotatable bonds is 5. The highest BCUT2D eigenvalue weighted by Gasteiger charge is 2.27. The Labute approximate surface area is 144 Å². The van der Waals surface area contributed by atoms with Crippen LogP contribution in [0.15, 0.2) is 42.5 Å². The molecule has 1 unspecified atom stereocenters. The van der Waals surface area contributed by atoms with E-state index in [0.29, 0.717) is 0 Å². The molecule has 3 rings (SSSR count). The first-order chi connectivity index (χ1) is 11.7. The van der Waals surface area contributed by atoms with Gasteiger partial charge in [-0.3, -0.25) is 4.90 Å². The Morgan fingerprint density at radius 3 is 2.42 bits per heavy atom. The fraction of sp³-hybridized carbons (Fsp3) is 0.400. The maximum Gasteiger partial charge on any atom is 0.165 e. The number of para-hydroxylation sites is 1. The molecule has 1 saturated heterocycles. The zero-order valence-corrected chi connectivity index (χ0v) is 14.7. The molecule has 1 heterocycles. The fourth-order valence-electron chi connectivity index (χ4n) is 3.49. The van der Waals surface area contributed by atoms with Crippen LogP contribution in [0.5, 0.6) is 11.5 Å². The van der Waals surface area contributed by atoms with E-state index in [2.05, 4.69) is 47.5 Å². The van der Waals surface area contributed by atoms with Crippen molar-refractivity contribution >= 4 is 0 Å². The van der Waals surface area contributed by atoms with E-state index in [1.807, 2.05) is 12.1 Å². The largest absolute Gasteiger partial charge is 0.493 e. The molecule has 1 aliphatic heterocycles. The minimum Gasteiger partial charge on any atom is -0.493 e. The molecule has 0 amide bonds. The molecule has 2 aromatic carbocycles. The van der Waals surface area contributed by atoms with Crippen LogP contribution in [-0.2, 0) is 0 Å². The van der Waals surface area contributed by atoms with Gasteiger partial charge in [0.2, 0.25) is 0 Å². The lowest BCUT2D eigenvalue weighted by Crippen LogP contribution is -2.45. The van der Waals surface area contributed by atoms with Crippen molar-refractivity contribution in [1.29, 1.82) is 0 Å². The van der Waals surface area contributed by atoms with Crippen molar-refractivity contribution < 1.29 is 9.47 Å². The van der Waals surface area contributed by atoms with Gasteiger partial charge < -0.3 is 14.8 Å². The summed E-state index contributed by atoms with van der Waals surface area (Å²) in [6, 6.07) is 15.1. The molecule has 0 saturated carbocycles. The van der Waals surface area contributed by atoms with Crippen LogP contribution in [0.25, 0.3) is 0 Å². The van der Waals surface area contributed by atoms with Crippen LogP contribution in [0.4, 0.5) is 0 Å². The number of hydrogen-bond donors (Lipinski definition) is 1. The van der Waals surface area contributed by atoms with Gasteiger partial charge in [0, 0.05) is 31.7 Å². The van der Waals surface area contributed by atoms with E-state index >= 15 is 0 Å². The summed E-state index contributed by atoms with van der Waals surface area (Å²) in [7, 11) is 3.40. The minimum atomic E-state index is 0.164. The second kappa shape index (κ2) is 7.69. The Kier molecular flexibility index (Phi) is 5.38. The van der Waals surface area contributed by atoms with Gasteiger partial charge in [-0.1, -0.05) is 42.0 Å². The van der Waals surface area contributed by atoms with Crippen LogP contribution in [0, 0.1) is 6.92 Å². The third kappa shape index (κ3) is 3.40. The molecule has 128 valence electrons. The number of hydrogen-bond acceptors (Lipinski definition) is 4. The second-order valence-electron chi connectivity index (χ2n) is 6.19. The maximum absolute atomic E-state index is 5.72. The van der Waals surface area contributed by atoms with E-state index in [4.69, 9.17) is 9.47 Å². The Bertz CT molecular complexity index is 681. The van der Waals surface area contributed by atoms with Crippen molar-refractivity contribution in [1.82, 2.24) is 10.2 Å². The Balaban J connectivity index is 2.11. The molecule has 4 nitrogen and oxygen atoms in total. The molecule has 1 aliphatic rings. The molecule has 0 aliphatic carbocycles. The maximum atomic E-state index is 5.72. The molecular weight excluding hydrogens is 300 g/mol. The van der Waals surface area contributed by atoms with Crippen molar-refractivity contribution in [3.05, 3.63) is 59.2 Å². The van der Waals surface area contributed by atoms with Crippen molar-refractivity contribution in [2.45, 2.75) is 13.0 Å². The van der Waals surface area contributed by atoms with E-state index in [9.17, 15) is 0 Å². The summed E-state index contributed by atoms with van der Waals surface area (Å²) in [5.74, 6) is 1.60. The van der Waals surface area contributed by atoms with Gasteiger partial charge in [-0.05, 0) is 18.6 Å². The molecule has 1 N–H and O–H groups in total. The number of ether oxygens (including phenoxy) is 2. The summed E-state index contributed by atoms with van der Waals surface area (Å²) >= 11 is 0. The van der Waals surface area contributed by atoms with Crippen LogP contribution < -0.4 is 14.8 Å². The van der Waals surface area contributed by atoms with Crippen molar-refractivity contribution in [3.8, 4) is 11.5 Å². The molecule has 2 aromatic rings. The van der Waals surface area contributed by atoms with Gasteiger partial charge in [0.15, 0.2) is 11.5 Å². The van der Waals surface area contributed by atoms with Gasteiger partial charge in [0.05, 0.1) is 20.3 Å². The van der Waals surface area contributed by atoms with E-state index in [1.54, 1.807) is 14.2 Å². The van der Waals surface area contributed by atoms with Crippen molar-refractivity contribution in [2.24, 2.45) is 0 Å². The monoisotopic (exact) mass is 326 g/mol. The van der Waals surface area contributed by atoms with E-state index < -0.39 is 0 Å². The third-order valence-electron chi connectivity index (χ3n) is 4.60. The first kappa shape index (κ1) is 16.8. The van der Waals surface area contributed by atoms with Gasteiger partial charge in [0.25, 0.3) is 0 Å². The van der Waals surface area contributed by atoms with Gasteiger partial charge in [0.1, 0.15) is 0 Å². The van der Waals surface area contributed by atoms with Crippen molar-refractivity contribution in [2.75, 3.05) is 40.4 Å². The predicted octanol–water partition coefficient (Wildman–Crippen LogP) is 3.01. The number of benzene rings is 2. The topological polar surface area (TPSA) is 33.7 Å². The van der Waals surface area contributed by atoms with E-state index in [1.165, 1.54) is 11.1 Å².